The average molecular weight is 265 g/mol. The van der Waals surface area contributed by atoms with Crippen LogP contribution in [-0.4, -0.2) is 24.0 Å². The highest BCUT2D eigenvalue weighted by Gasteiger charge is 2.23. The summed E-state index contributed by atoms with van der Waals surface area (Å²) in [5.41, 5.74) is 0. The molecule has 0 N–H and O–H groups in total. The molecule has 0 spiro atoms. The van der Waals surface area contributed by atoms with Crippen molar-refractivity contribution < 1.29 is 4.74 Å². The molecule has 1 aromatic rings. The van der Waals surface area contributed by atoms with E-state index in [0.29, 0.717) is 0 Å². The number of methoxy groups -OCH3 is 1. The number of rotatable bonds is 5. The van der Waals surface area contributed by atoms with Gasteiger partial charge in [0.2, 0.25) is 0 Å². The first-order valence-corrected chi connectivity index (χ1v) is 7.70. The third-order valence-corrected chi connectivity index (χ3v) is 4.73. The van der Waals surface area contributed by atoms with Crippen molar-refractivity contribution in [3.63, 3.8) is 0 Å². The highest BCUT2D eigenvalue weighted by molar-refractivity contribution is 7.97. The van der Waals surface area contributed by atoms with Gasteiger partial charge >= 0.3 is 0 Å². The summed E-state index contributed by atoms with van der Waals surface area (Å²) < 4.78 is 7.99. The first-order valence-electron chi connectivity index (χ1n) is 6.92. The minimum atomic E-state index is 0.735. The van der Waals surface area contributed by atoms with Crippen molar-refractivity contribution >= 4 is 11.9 Å². The average Bonchev–Trinajstić information content (AvgIpc) is 2.42. The van der Waals surface area contributed by atoms with E-state index >= 15 is 0 Å². The molecule has 1 aliphatic rings. The smallest absolute Gasteiger partial charge is 0.133 e. The van der Waals surface area contributed by atoms with Crippen LogP contribution in [0.3, 0.4) is 0 Å². The molecule has 1 aromatic carbocycles. The fourth-order valence-corrected chi connectivity index (χ4v) is 3.75. The van der Waals surface area contributed by atoms with E-state index in [1.807, 2.05) is 24.1 Å². The van der Waals surface area contributed by atoms with Gasteiger partial charge in [0.25, 0.3) is 0 Å². The maximum Gasteiger partial charge on any atom is 0.133 e. The Kier molecular flexibility index (Phi) is 5.39. The van der Waals surface area contributed by atoms with Gasteiger partial charge in [-0.05, 0) is 43.3 Å². The van der Waals surface area contributed by atoms with Crippen molar-refractivity contribution in [1.29, 1.82) is 0 Å². The fraction of sp³-hybridized carbons (Fsp3) is 0.600. The number of piperidine rings is 1. The van der Waals surface area contributed by atoms with Crippen LogP contribution in [0.4, 0.5) is 0 Å². The minimum Gasteiger partial charge on any atom is -0.496 e. The van der Waals surface area contributed by atoms with Gasteiger partial charge in [0, 0.05) is 12.6 Å². The molecule has 2 nitrogen and oxygen atoms in total. The van der Waals surface area contributed by atoms with Crippen molar-refractivity contribution in [2.45, 2.75) is 50.0 Å². The van der Waals surface area contributed by atoms with Gasteiger partial charge in [-0.1, -0.05) is 31.9 Å². The molecule has 18 heavy (non-hydrogen) atoms. The number of benzene rings is 1. The van der Waals surface area contributed by atoms with Gasteiger partial charge in [0.15, 0.2) is 0 Å². The van der Waals surface area contributed by atoms with Crippen LogP contribution in [0.25, 0.3) is 0 Å². The Morgan fingerprint density at radius 1 is 1.33 bits per heavy atom. The quantitative estimate of drug-likeness (QED) is 0.734. The summed E-state index contributed by atoms with van der Waals surface area (Å²) in [4.78, 5) is 1.24. The van der Waals surface area contributed by atoms with E-state index in [-0.39, 0.29) is 0 Å². The predicted octanol–water partition coefficient (Wildman–Crippen LogP) is 4.36. The van der Waals surface area contributed by atoms with Crippen molar-refractivity contribution in [2.24, 2.45) is 0 Å². The SMILES string of the molecule is CCCC1CCCCN1Sc1ccccc1OC. The summed E-state index contributed by atoms with van der Waals surface area (Å²) in [5.74, 6) is 0.989. The van der Waals surface area contributed by atoms with Crippen molar-refractivity contribution in [3.05, 3.63) is 24.3 Å². The molecular formula is C15H23NOS. The van der Waals surface area contributed by atoms with Crippen LogP contribution in [0.2, 0.25) is 0 Å². The van der Waals surface area contributed by atoms with E-state index < -0.39 is 0 Å². The minimum absolute atomic E-state index is 0.735. The largest absolute Gasteiger partial charge is 0.496 e. The number of hydrogen-bond donors (Lipinski definition) is 0. The first kappa shape index (κ1) is 13.8. The summed E-state index contributed by atoms with van der Waals surface area (Å²) in [6, 6.07) is 9.05. The maximum absolute atomic E-state index is 5.43. The predicted molar refractivity (Wildman–Crippen MR) is 78.1 cm³/mol. The monoisotopic (exact) mass is 265 g/mol. The molecule has 0 saturated carbocycles. The molecule has 3 heteroatoms. The third-order valence-electron chi connectivity index (χ3n) is 3.48. The van der Waals surface area contributed by atoms with Crippen molar-refractivity contribution in [2.75, 3.05) is 13.7 Å². The molecule has 0 radical (unpaired) electrons. The molecule has 1 aliphatic heterocycles. The summed E-state index contributed by atoms with van der Waals surface area (Å²) in [5, 5.41) is 0. The standard InChI is InChI=1S/C15H23NOS/c1-3-8-13-9-6-7-12-16(13)18-15-11-5-4-10-14(15)17-2/h4-5,10-11,13H,3,6-9,12H2,1-2H3. The lowest BCUT2D eigenvalue weighted by Crippen LogP contribution is -2.34. The van der Waals surface area contributed by atoms with Gasteiger partial charge in [-0.25, -0.2) is 4.31 Å². The van der Waals surface area contributed by atoms with Crippen LogP contribution in [0.1, 0.15) is 39.0 Å². The zero-order valence-electron chi connectivity index (χ0n) is 11.4. The summed E-state index contributed by atoms with van der Waals surface area (Å²) >= 11 is 1.87. The highest BCUT2D eigenvalue weighted by atomic mass is 32.2. The van der Waals surface area contributed by atoms with Gasteiger partial charge in [-0.15, -0.1) is 0 Å². The molecule has 0 bridgehead atoms. The molecule has 1 atom stereocenters. The molecule has 1 unspecified atom stereocenters. The second-order valence-corrected chi connectivity index (χ2v) is 5.91. The first-order chi connectivity index (χ1) is 8.85. The topological polar surface area (TPSA) is 12.5 Å². The van der Waals surface area contributed by atoms with E-state index in [4.69, 9.17) is 4.74 Å². The van der Waals surface area contributed by atoms with E-state index in [2.05, 4.69) is 23.4 Å². The second kappa shape index (κ2) is 7.05. The lowest BCUT2D eigenvalue weighted by Gasteiger charge is -2.34. The van der Waals surface area contributed by atoms with Gasteiger partial charge in [0.05, 0.1) is 12.0 Å². The highest BCUT2D eigenvalue weighted by Crippen LogP contribution is 2.36. The van der Waals surface area contributed by atoms with Crippen LogP contribution in [0.15, 0.2) is 29.2 Å². The van der Waals surface area contributed by atoms with Crippen molar-refractivity contribution in [3.8, 4) is 5.75 Å². The van der Waals surface area contributed by atoms with Crippen LogP contribution in [0, 0.1) is 0 Å². The van der Waals surface area contributed by atoms with Gasteiger partial charge in [0.1, 0.15) is 5.75 Å². The Morgan fingerprint density at radius 3 is 2.94 bits per heavy atom. The summed E-state index contributed by atoms with van der Waals surface area (Å²) in [7, 11) is 1.75. The third kappa shape index (κ3) is 3.42. The molecule has 0 amide bonds. The summed E-state index contributed by atoms with van der Waals surface area (Å²) in [6.07, 6.45) is 6.63. The van der Waals surface area contributed by atoms with E-state index in [0.717, 1.165) is 11.8 Å². The van der Waals surface area contributed by atoms with Crippen LogP contribution >= 0.6 is 11.9 Å². The molecule has 0 aromatic heterocycles. The molecule has 0 aliphatic carbocycles. The molecule has 1 heterocycles. The fourth-order valence-electron chi connectivity index (χ4n) is 2.54. The Bertz CT molecular complexity index is 367. The number of ether oxygens (including phenoxy) is 1. The lowest BCUT2D eigenvalue weighted by atomic mass is 10.0. The van der Waals surface area contributed by atoms with Crippen molar-refractivity contribution in [1.82, 2.24) is 4.31 Å². The van der Waals surface area contributed by atoms with E-state index in [1.54, 1.807) is 7.11 Å². The molecule has 2 rings (SSSR count). The lowest BCUT2D eigenvalue weighted by molar-refractivity contribution is 0.259. The number of nitrogens with zero attached hydrogens (tertiary/aromatic N) is 1. The summed E-state index contributed by atoms with van der Waals surface area (Å²) in [6.45, 7) is 3.48. The van der Waals surface area contributed by atoms with Gasteiger partial charge in [-0.3, -0.25) is 0 Å². The van der Waals surface area contributed by atoms with Gasteiger partial charge in [-0.2, -0.15) is 0 Å². The molecule has 100 valence electrons. The zero-order chi connectivity index (χ0) is 12.8. The molecular weight excluding hydrogens is 242 g/mol. The van der Waals surface area contributed by atoms with Gasteiger partial charge < -0.3 is 4.74 Å². The maximum atomic E-state index is 5.43. The Balaban J connectivity index is 2.05. The van der Waals surface area contributed by atoms with E-state index in [9.17, 15) is 0 Å². The Morgan fingerprint density at radius 2 is 2.17 bits per heavy atom. The number of para-hydroxylation sites is 1. The normalized spacial score (nSPS) is 20.9. The Hall–Kier alpha value is -0.670. The zero-order valence-corrected chi connectivity index (χ0v) is 12.2. The van der Waals surface area contributed by atoms with Crippen LogP contribution in [0.5, 0.6) is 5.75 Å². The van der Waals surface area contributed by atoms with Crippen LogP contribution < -0.4 is 4.74 Å². The Labute approximate surface area is 115 Å². The number of hydrogen-bond acceptors (Lipinski definition) is 3. The van der Waals surface area contributed by atoms with E-state index in [1.165, 1.54) is 43.5 Å². The molecule has 1 saturated heterocycles. The second-order valence-electron chi connectivity index (χ2n) is 4.82. The van der Waals surface area contributed by atoms with Crippen LogP contribution in [-0.2, 0) is 0 Å². The molecule has 1 fully saturated rings.